The summed E-state index contributed by atoms with van der Waals surface area (Å²) in [6.07, 6.45) is -0.632. The van der Waals surface area contributed by atoms with Crippen LogP contribution in [0.25, 0.3) is 0 Å². The Hall–Kier alpha value is -2.37. The van der Waals surface area contributed by atoms with Crippen LogP contribution in [-0.4, -0.2) is 26.1 Å². The maximum Gasteiger partial charge on any atom is 0.407 e. The summed E-state index contributed by atoms with van der Waals surface area (Å²) in [5, 5.41) is 2.79. The molecule has 0 saturated carbocycles. The fourth-order valence-electron chi connectivity index (χ4n) is 2.75. The lowest BCUT2D eigenvalue weighted by molar-refractivity contribution is -0.116. The second-order valence-electron chi connectivity index (χ2n) is 6.04. The van der Waals surface area contributed by atoms with Gasteiger partial charge in [-0.05, 0) is 30.0 Å². The van der Waals surface area contributed by atoms with Crippen LogP contribution in [0.2, 0.25) is 0 Å². The molecule has 2 atom stereocenters. The molecule has 1 N–H and O–H groups in total. The first kappa shape index (κ1) is 19.9. The number of rotatable bonds is 9. The van der Waals surface area contributed by atoms with Crippen molar-refractivity contribution in [3.8, 4) is 0 Å². The average Bonchev–Trinajstić information content (AvgIpc) is 2.67. The Morgan fingerprint density at radius 2 is 1.77 bits per heavy atom. The van der Waals surface area contributed by atoms with Gasteiger partial charge in [0.25, 0.3) is 0 Å². The summed E-state index contributed by atoms with van der Waals surface area (Å²) in [5.74, 6) is 0. The van der Waals surface area contributed by atoms with Gasteiger partial charge in [-0.15, -0.1) is 0 Å². The highest BCUT2D eigenvalue weighted by Gasteiger charge is 2.27. The maximum atomic E-state index is 12.3. The number of amides is 1. The number of ether oxygens (including phenoxy) is 3. The summed E-state index contributed by atoms with van der Waals surface area (Å²) in [5.41, 5.74) is 3.09. The van der Waals surface area contributed by atoms with Crippen LogP contribution in [-0.2, 0) is 20.8 Å². The van der Waals surface area contributed by atoms with Crippen LogP contribution in [0.5, 0.6) is 0 Å². The fourth-order valence-corrected chi connectivity index (χ4v) is 2.75. The summed E-state index contributed by atoms with van der Waals surface area (Å²) in [4.78, 5) is 12.3. The van der Waals surface area contributed by atoms with Crippen LogP contribution < -0.4 is 5.32 Å². The van der Waals surface area contributed by atoms with Crippen molar-refractivity contribution in [1.29, 1.82) is 0 Å². The Kier molecular flexibility index (Phi) is 8.12. The third-order valence-electron chi connectivity index (χ3n) is 4.14. The lowest BCUT2D eigenvalue weighted by atomic mass is 9.98. The molecule has 0 radical (unpaired) electrons. The molecule has 0 heterocycles. The molecule has 0 aliphatic carbocycles. The van der Waals surface area contributed by atoms with Crippen molar-refractivity contribution in [1.82, 2.24) is 5.32 Å². The Morgan fingerprint density at radius 1 is 1.08 bits per heavy atom. The monoisotopic (exact) mass is 357 g/mol. The summed E-state index contributed by atoms with van der Waals surface area (Å²) in [6, 6.07) is 17.6. The van der Waals surface area contributed by atoms with Gasteiger partial charge in [0.1, 0.15) is 19.0 Å². The van der Waals surface area contributed by atoms with Gasteiger partial charge in [0.2, 0.25) is 0 Å². The predicted molar refractivity (Wildman–Crippen MR) is 101 cm³/mol. The minimum Gasteiger partial charge on any atom is -0.443 e. The molecule has 0 fully saturated rings. The number of carbonyl (C=O) groups excluding carboxylic acids is 1. The van der Waals surface area contributed by atoms with Gasteiger partial charge in [0.15, 0.2) is 0 Å². The van der Waals surface area contributed by atoms with Gasteiger partial charge in [-0.25, -0.2) is 4.79 Å². The van der Waals surface area contributed by atoms with Crippen LogP contribution in [0.15, 0.2) is 54.6 Å². The van der Waals surface area contributed by atoms with E-state index in [1.165, 1.54) is 0 Å². The molecule has 5 nitrogen and oxygen atoms in total. The lowest BCUT2D eigenvalue weighted by Gasteiger charge is -2.27. The van der Waals surface area contributed by atoms with Crippen molar-refractivity contribution in [2.75, 3.05) is 13.9 Å². The first-order valence-electron chi connectivity index (χ1n) is 8.80. The number of methoxy groups -OCH3 is 1. The third kappa shape index (κ3) is 5.86. The topological polar surface area (TPSA) is 56.8 Å². The third-order valence-corrected chi connectivity index (χ3v) is 4.14. The van der Waals surface area contributed by atoms with Crippen molar-refractivity contribution >= 4 is 6.09 Å². The number of hydrogen-bond acceptors (Lipinski definition) is 4. The standard InChI is InChI=1S/C21H27NO4/c1-4-19(26-21(23)22-14-17-11-6-5-7-12-17)20(25-15-24-3)18-13-9-8-10-16(18)2/h5-13,19-20H,4,14-15H2,1-3H3,(H,22,23). The summed E-state index contributed by atoms with van der Waals surface area (Å²) >= 11 is 0. The molecule has 2 aromatic rings. The molecule has 0 saturated heterocycles. The Balaban J connectivity index is 2.04. The minimum absolute atomic E-state index is 0.129. The van der Waals surface area contributed by atoms with Crippen molar-refractivity contribution in [2.45, 2.75) is 39.0 Å². The van der Waals surface area contributed by atoms with Crippen LogP contribution in [0, 0.1) is 6.92 Å². The zero-order valence-corrected chi connectivity index (χ0v) is 15.6. The molecule has 2 unspecified atom stereocenters. The summed E-state index contributed by atoms with van der Waals surface area (Å²) < 4.78 is 16.6. The van der Waals surface area contributed by atoms with E-state index in [0.717, 1.165) is 16.7 Å². The largest absolute Gasteiger partial charge is 0.443 e. The van der Waals surface area contributed by atoms with E-state index in [2.05, 4.69) is 5.32 Å². The van der Waals surface area contributed by atoms with Crippen molar-refractivity contribution < 1.29 is 19.0 Å². The summed E-state index contributed by atoms with van der Waals surface area (Å²) in [6.45, 7) is 4.53. The van der Waals surface area contributed by atoms with E-state index in [0.29, 0.717) is 13.0 Å². The Labute approximate surface area is 155 Å². The molecule has 2 rings (SSSR count). The molecule has 0 aliphatic rings. The summed E-state index contributed by atoms with van der Waals surface area (Å²) in [7, 11) is 1.57. The van der Waals surface area contributed by atoms with Gasteiger partial charge in [-0.1, -0.05) is 61.5 Å². The molecular formula is C21H27NO4. The normalized spacial score (nSPS) is 13.0. The highest BCUT2D eigenvalue weighted by Crippen LogP contribution is 2.28. The van der Waals surface area contributed by atoms with Crippen molar-refractivity contribution in [3.05, 3.63) is 71.3 Å². The molecule has 1 amide bonds. The predicted octanol–water partition coefficient (Wildman–Crippen LogP) is 4.36. The SMILES string of the molecule is CCC(OC(=O)NCc1ccccc1)C(OCOC)c1ccccc1C. The quantitative estimate of drug-likeness (QED) is 0.678. The molecule has 140 valence electrons. The smallest absolute Gasteiger partial charge is 0.407 e. The maximum absolute atomic E-state index is 12.3. The number of aryl methyl sites for hydroxylation is 1. The molecule has 0 aliphatic heterocycles. The van der Waals surface area contributed by atoms with Gasteiger partial charge in [-0.3, -0.25) is 0 Å². The van der Waals surface area contributed by atoms with E-state index in [9.17, 15) is 4.79 Å². The van der Waals surface area contributed by atoms with Crippen LogP contribution in [0.4, 0.5) is 4.79 Å². The minimum atomic E-state index is -0.458. The van der Waals surface area contributed by atoms with E-state index < -0.39 is 12.2 Å². The van der Waals surface area contributed by atoms with Crippen LogP contribution >= 0.6 is 0 Å². The number of hydrogen-bond donors (Lipinski definition) is 1. The van der Waals surface area contributed by atoms with Gasteiger partial charge in [0, 0.05) is 13.7 Å². The molecule has 26 heavy (non-hydrogen) atoms. The molecule has 0 bridgehead atoms. The van der Waals surface area contributed by atoms with E-state index in [1.54, 1.807) is 7.11 Å². The molecule has 2 aromatic carbocycles. The highest BCUT2D eigenvalue weighted by atomic mass is 16.7. The van der Waals surface area contributed by atoms with Gasteiger partial charge in [0.05, 0.1) is 0 Å². The van der Waals surface area contributed by atoms with E-state index in [-0.39, 0.29) is 12.9 Å². The van der Waals surface area contributed by atoms with Crippen LogP contribution in [0.3, 0.4) is 0 Å². The van der Waals surface area contributed by atoms with Gasteiger partial charge in [-0.2, -0.15) is 0 Å². The number of benzene rings is 2. The Morgan fingerprint density at radius 3 is 2.42 bits per heavy atom. The van der Waals surface area contributed by atoms with Gasteiger partial charge >= 0.3 is 6.09 Å². The second kappa shape index (κ2) is 10.6. The molecule has 0 aromatic heterocycles. The number of nitrogens with one attached hydrogen (secondary N) is 1. The molecule has 0 spiro atoms. The number of alkyl carbamates (subject to hydrolysis) is 1. The zero-order valence-electron chi connectivity index (χ0n) is 15.6. The van der Waals surface area contributed by atoms with Gasteiger partial charge < -0.3 is 19.5 Å². The van der Waals surface area contributed by atoms with E-state index >= 15 is 0 Å². The highest BCUT2D eigenvalue weighted by molar-refractivity contribution is 5.67. The first-order valence-corrected chi connectivity index (χ1v) is 8.80. The molecule has 5 heteroatoms. The molecular weight excluding hydrogens is 330 g/mol. The van der Waals surface area contributed by atoms with E-state index in [1.807, 2.05) is 68.4 Å². The second-order valence-corrected chi connectivity index (χ2v) is 6.04. The average molecular weight is 357 g/mol. The van der Waals surface area contributed by atoms with Crippen molar-refractivity contribution in [3.63, 3.8) is 0 Å². The number of carbonyl (C=O) groups is 1. The lowest BCUT2D eigenvalue weighted by Crippen LogP contribution is -2.33. The fraction of sp³-hybridized carbons (Fsp3) is 0.381. The van der Waals surface area contributed by atoms with Crippen molar-refractivity contribution in [2.24, 2.45) is 0 Å². The Bertz CT molecular complexity index is 675. The van der Waals surface area contributed by atoms with Crippen LogP contribution in [0.1, 0.15) is 36.1 Å². The zero-order chi connectivity index (χ0) is 18.8. The first-order chi connectivity index (χ1) is 12.7. The van der Waals surface area contributed by atoms with E-state index in [4.69, 9.17) is 14.2 Å².